The van der Waals surface area contributed by atoms with Crippen LogP contribution in [0.3, 0.4) is 0 Å². The molecular weight excluding hydrogens is 248 g/mol. The minimum Gasteiger partial charge on any atom is -0.396 e. The summed E-state index contributed by atoms with van der Waals surface area (Å²) in [5, 5.41) is 12.7. The maximum atomic E-state index is 8.93. The van der Waals surface area contributed by atoms with Crippen molar-refractivity contribution in [2.24, 2.45) is 0 Å². The van der Waals surface area contributed by atoms with E-state index in [4.69, 9.17) is 5.11 Å². The fourth-order valence-corrected chi connectivity index (χ4v) is 3.86. The first-order valence-electron chi connectivity index (χ1n) is 7.94. The highest BCUT2D eigenvalue weighted by Crippen LogP contribution is 2.35. The molecule has 2 fully saturated rings. The molecule has 2 heterocycles. The molecule has 3 heteroatoms. The number of piperidine rings is 1. The van der Waals surface area contributed by atoms with Crippen LogP contribution >= 0.6 is 0 Å². The average Bonchev–Trinajstić information content (AvgIpc) is 2.67. The smallest absolute Gasteiger partial charge is 0.0434 e. The van der Waals surface area contributed by atoms with Crippen molar-refractivity contribution >= 4 is 5.69 Å². The van der Waals surface area contributed by atoms with Crippen molar-refractivity contribution in [2.75, 3.05) is 19.0 Å². The highest BCUT2D eigenvalue weighted by Gasteiger charge is 2.38. The molecule has 3 rings (SSSR count). The molecule has 2 N–H and O–H groups in total. The predicted molar refractivity (Wildman–Crippen MR) is 83.1 cm³/mol. The van der Waals surface area contributed by atoms with E-state index in [9.17, 15) is 0 Å². The van der Waals surface area contributed by atoms with Gasteiger partial charge in [0.25, 0.3) is 0 Å². The second-order valence-corrected chi connectivity index (χ2v) is 6.39. The van der Waals surface area contributed by atoms with E-state index in [1.165, 1.54) is 36.9 Å². The largest absolute Gasteiger partial charge is 0.396 e. The molecule has 2 unspecified atom stereocenters. The molecule has 1 aromatic rings. The second kappa shape index (κ2) is 6.15. The second-order valence-electron chi connectivity index (χ2n) is 6.39. The fraction of sp³-hybridized carbons (Fsp3) is 0.647. The molecule has 2 aliphatic rings. The van der Waals surface area contributed by atoms with Gasteiger partial charge in [0.2, 0.25) is 0 Å². The van der Waals surface area contributed by atoms with Gasteiger partial charge in [-0.1, -0.05) is 12.1 Å². The van der Waals surface area contributed by atoms with Crippen molar-refractivity contribution in [3.63, 3.8) is 0 Å². The molecule has 2 bridgehead atoms. The van der Waals surface area contributed by atoms with Gasteiger partial charge in [-0.3, -0.25) is 0 Å². The van der Waals surface area contributed by atoms with Crippen molar-refractivity contribution in [1.29, 1.82) is 0 Å². The molecule has 1 aromatic carbocycles. The molecule has 0 aromatic heterocycles. The molecule has 0 aliphatic carbocycles. The standard InChI is InChI=1S/C17H26N2O/c1-19-16-7-8-17(19)12-15(11-16)18-14-6-2-4-13(10-14)5-3-9-20/h2,4,6,10,15-18,20H,3,5,7-9,11-12H2,1H3. The molecule has 2 atom stereocenters. The fourth-order valence-electron chi connectivity index (χ4n) is 3.86. The van der Waals surface area contributed by atoms with E-state index in [1.807, 2.05) is 0 Å². The van der Waals surface area contributed by atoms with Crippen molar-refractivity contribution in [3.8, 4) is 0 Å². The maximum Gasteiger partial charge on any atom is 0.0434 e. The lowest BCUT2D eigenvalue weighted by molar-refractivity contribution is 0.169. The summed E-state index contributed by atoms with van der Waals surface area (Å²) in [5.41, 5.74) is 2.56. The van der Waals surface area contributed by atoms with Crippen LogP contribution < -0.4 is 5.32 Å². The van der Waals surface area contributed by atoms with Crippen molar-refractivity contribution in [2.45, 2.75) is 56.7 Å². The van der Waals surface area contributed by atoms with Crippen LogP contribution in [0.2, 0.25) is 0 Å². The Kier molecular flexibility index (Phi) is 4.27. The first-order valence-corrected chi connectivity index (χ1v) is 7.94. The number of aliphatic hydroxyl groups is 1. The topological polar surface area (TPSA) is 35.5 Å². The van der Waals surface area contributed by atoms with Crippen LogP contribution in [0.5, 0.6) is 0 Å². The number of benzene rings is 1. The van der Waals surface area contributed by atoms with Crippen molar-refractivity contribution < 1.29 is 5.11 Å². The van der Waals surface area contributed by atoms with E-state index in [0.717, 1.165) is 24.9 Å². The lowest BCUT2D eigenvalue weighted by Crippen LogP contribution is -2.44. The van der Waals surface area contributed by atoms with E-state index in [-0.39, 0.29) is 6.61 Å². The number of aliphatic hydroxyl groups excluding tert-OH is 1. The zero-order valence-corrected chi connectivity index (χ0v) is 12.4. The third-order valence-electron chi connectivity index (χ3n) is 5.02. The highest BCUT2D eigenvalue weighted by molar-refractivity contribution is 5.46. The van der Waals surface area contributed by atoms with E-state index in [1.54, 1.807) is 0 Å². The third-order valence-corrected chi connectivity index (χ3v) is 5.02. The van der Waals surface area contributed by atoms with Crippen LogP contribution in [0.25, 0.3) is 0 Å². The molecule has 0 spiro atoms. The van der Waals surface area contributed by atoms with Crippen LogP contribution in [0.15, 0.2) is 24.3 Å². The molecule has 2 saturated heterocycles. The van der Waals surface area contributed by atoms with Crippen molar-refractivity contribution in [3.05, 3.63) is 29.8 Å². The Morgan fingerprint density at radius 3 is 2.70 bits per heavy atom. The average molecular weight is 274 g/mol. The number of hydrogen-bond acceptors (Lipinski definition) is 3. The highest BCUT2D eigenvalue weighted by atomic mass is 16.2. The molecule has 3 nitrogen and oxygen atoms in total. The van der Waals surface area contributed by atoms with E-state index < -0.39 is 0 Å². The molecule has 0 amide bonds. The van der Waals surface area contributed by atoms with Gasteiger partial charge in [-0.2, -0.15) is 0 Å². The Morgan fingerprint density at radius 1 is 1.25 bits per heavy atom. The third kappa shape index (κ3) is 2.99. The van der Waals surface area contributed by atoms with Crippen LogP contribution in [0.1, 0.15) is 37.7 Å². The summed E-state index contributed by atoms with van der Waals surface area (Å²) in [7, 11) is 2.29. The Hall–Kier alpha value is -1.06. The summed E-state index contributed by atoms with van der Waals surface area (Å²) in [5.74, 6) is 0. The number of anilines is 1. The molecule has 2 aliphatic heterocycles. The first kappa shape index (κ1) is 13.9. The number of nitrogens with one attached hydrogen (secondary N) is 1. The van der Waals surface area contributed by atoms with Gasteiger partial charge in [0.05, 0.1) is 0 Å². The number of nitrogens with zero attached hydrogens (tertiary/aromatic N) is 1. The van der Waals surface area contributed by atoms with Gasteiger partial charge in [-0.15, -0.1) is 0 Å². The zero-order valence-electron chi connectivity index (χ0n) is 12.4. The summed E-state index contributed by atoms with van der Waals surface area (Å²) >= 11 is 0. The van der Waals surface area contributed by atoms with Gasteiger partial charge in [0.15, 0.2) is 0 Å². The Balaban J connectivity index is 1.60. The zero-order chi connectivity index (χ0) is 13.9. The van der Waals surface area contributed by atoms with Gasteiger partial charge in [-0.25, -0.2) is 0 Å². The normalized spacial score (nSPS) is 29.6. The summed E-state index contributed by atoms with van der Waals surface area (Å²) in [6.45, 7) is 0.274. The Labute approximate surface area is 122 Å². The molecule has 110 valence electrons. The van der Waals surface area contributed by atoms with Gasteiger partial charge < -0.3 is 15.3 Å². The SMILES string of the molecule is CN1C2CCC1CC(Nc1cccc(CCCO)c1)C2. The van der Waals surface area contributed by atoms with Gasteiger partial charge in [-0.05, 0) is 63.3 Å². The van der Waals surface area contributed by atoms with Gasteiger partial charge in [0, 0.05) is 30.4 Å². The van der Waals surface area contributed by atoms with E-state index in [0.29, 0.717) is 6.04 Å². The maximum absolute atomic E-state index is 8.93. The van der Waals surface area contributed by atoms with Crippen molar-refractivity contribution in [1.82, 2.24) is 4.90 Å². The number of fused-ring (bicyclic) bond motifs is 2. The Bertz CT molecular complexity index is 434. The molecular formula is C17H26N2O. The van der Waals surface area contributed by atoms with Crippen LogP contribution in [0, 0.1) is 0 Å². The van der Waals surface area contributed by atoms with Crippen LogP contribution in [-0.2, 0) is 6.42 Å². The monoisotopic (exact) mass is 274 g/mol. The molecule has 20 heavy (non-hydrogen) atoms. The summed E-state index contributed by atoms with van der Waals surface area (Å²) in [4.78, 5) is 2.58. The van der Waals surface area contributed by atoms with Crippen LogP contribution in [-0.4, -0.2) is 41.8 Å². The Morgan fingerprint density at radius 2 is 2.00 bits per heavy atom. The first-order chi connectivity index (χ1) is 9.76. The molecule has 0 saturated carbocycles. The van der Waals surface area contributed by atoms with Crippen LogP contribution in [0.4, 0.5) is 5.69 Å². The predicted octanol–water partition coefficient (Wildman–Crippen LogP) is 2.65. The summed E-state index contributed by atoms with van der Waals surface area (Å²) < 4.78 is 0. The molecule has 0 radical (unpaired) electrons. The number of rotatable bonds is 5. The minimum absolute atomic E-state index is 0.274. The van der Waals surface area contributed by atoms with Gasteiger partial charge in [0.1, 0.15) is 0 Å². The summed E-state index contributed by atoms with van der Waals surface area (Å²) in [6.07, 6.45) is 7.10. The van der Waals surface area contributed by atoms with E-state index in [2.05, 4.69) is 41.5 Å². The number of aryl methyl sites for hydroxylation is 1. The lowest BCUT2D eigenvalue weighted by Gasteiger charge is -2.37. The minimum atomic E-state index is 0.274. The quantitative estimate of drug-likeness (QED) is 0.866. The van der Waals surface area contributed by atoms with E-state index >= 15 is 0 Å². The summed E-state index contributed by atoms with van der Waals surface area (Å²) in [6, 6.07) is 10.9. The van der Waals surface area contributed by atoms with Gasteiger partial charge >= 0.3 is 0 Å². The number of hydrogen-bond donors (Lipinski definition) is 2. The lowest BCUT2D eigenvalue weighted by atomic mass is 9.97.